The third kappa shape index (κ3) is 1.93. The van der Waals surface area contributed by atoms with Crippen LogP contribution in [0.25, 0.3) is 0 Å². The monoisotopic (exact) mass is 338 g/mol. The summed E-state index contributed by atoms with van der Waals surface area (Å²) in [5.41, 5.74) is 2.21. The predicted octanol–water partition coefficient (Wildman–Crippen LogP) is 2.99. The first-order valence-electron chi connectivity index (χ1n) is 8.30. The van der Waals surface area contributed by atoms with E-state index in [9.17, 15) is 10.2 Å². The molecule has 0 unspecified atom stereocenters. The van der Waals surface area contributed by atoms with Crippen molar-refractivity contribution >= 4 is 0 Å². The second kappa shape index (κ2) is 4.70. The topological polar surface area (TPSA) is 68.2 Å². The van der Waals surface area contributed by atoms with Gasteiger partial charge in [0.2, 0.25) is 0 Å². The maximum absolute atomic E-state index is 11.2. The number of benzene rings is 2. The van der Waals surface area contributed by atoms with Gasteiger partial charge >= 0.3 is 0 Å². The summed E-state index contributed by atoms with van der Waals surface area (Å²) in [5.74, 6) is 2.05. The molecule has 0 aromatic heterocycles. The Hall–Kier alpha value is -2.66. The Morgan fingerprint density at radius 1 is 1.16 bits per heavy atom. The largest absolute Gasteiger partial charge is 0.508 e. The lowest BCUT2D eigenvalue weighted by Gasteiger charge is -2.35. The van der Waals surface area contributed by atoms with Crippen LogP contribution in [0.2, 0.25) is 0 Å². The highest BCUT2D eigenvalue weighted by atomic mass is 16.5. The highest BCUT2D eigenvalue weighted by molar-refractivity contribution is 5.56. The van der Waals surface area contributed by atoms with E-state index >= 15 is 0 Å². The summed E-state index contributed by atoms with van der Waals surface area (Å²) in [4.78, 5) is 0. The summed E-state index contributed by atoms with van der Waals surface area (Å²) in [5, 5.41) is 20.9. The normalized spacial score (nSPS) is 27.9. The second-order valence-corrected chi connectivity index (χ2v) is 7.05. The first-order valence-corrected chi connectivity index (χ1v) is 8.30. The van der Waals surface area contributed by atoms with Crippen LogP contribution in [0.3, 0.4) is 0 Å². The van der Waals surface area contributed by atoms with E-state index in [0.29, 0.717) is 17.1 Å². The van der Waals surface area contributed by atoms with Crippen molar-refractivity contribution in [3.8, 4) is 23.0 Å². The van der Waals surface area contributed by atoms with E-state index in [4.69, 9.17) is 14.2 Å². The third-order valence-corrected chi connectivity index (χ3v) is 5.26. The molecular weight excluding hydrogens is 320 g/mol. The van der Waals surface area contributed by atoms with Crippen LogP contribution in [0, 0.1) is 0 Å². The molecule has 3 aliphatic rings. The maximum atomic E-state index is 11.2. The van der Waals surface area contributed by atoms with E-state index in [1.165, 1.54) is 6.07 Å². The molecule has 0 amide bonds. The van der Waals surface area contributed by atoms with E-state index in [-0.39, 0.29) is 18.5 Å². The molecular formula is C20H18O5. The van der Waals surface area contributed by atoms with Crippen molar-refractivity contribution in [3.63, 3.8) is 0 Å². The molecule has 0 aliphatic carbocycles. The summed E-state index contributed by atoms with van der Waals surface area (Å²) in [6.45, 7) is 6.01. The molecule has 0 saturated heterocycles. The fourth-order valence-electron chi connectivity index (χ4n) is 3.89. The lowest BCUT2D eigenvalue weighted by atomic mass is 9.84. The average Bonchev–Trinajstić information content (AvgIpc) is 3.11. The summed E-state index contributed by atoms with van der Waals surface area (Å²) < 4.78 is 17.8. The Labute approximate surface area is 145 Å². The van der Waals surface area contributed by atoms with Gasteiger partial charge in [-0.15, -0.1) is 0 Å². The van der Waals surface area contributed by atoms with Crippen LogP contribution in [0.4, 0.5) is 0 Å². The van der Waals surface area contributed by atoms with Crippen LogP contribution in [0.5, 0.6) is 23.0 Å². The number of fused-ring (bicyclic) bond motifs is 6. The molecule has 128 valence electrons. The van der Waals surface area contributed by atoms with Crippen LogP contribution in [-0.4, -0.2) is 22.9 Å². The SMILES string of the molecule is C=C(C)[C@@H]1Cc2cc3c(cc2O1)OC[C@]1(O)c2ccc(O)cc2O[C@H]31. The van der Waals surface area contributed by atoms with Gasteiger partial charge in [0.15, 0.2) is 11.7 Å². The van der Waals surface area contributed by atoms with Gasteiger partial charge in [-0.2, -0.15) is 0 Å². The molecule has 0 radical (unpaired) electrons. The van der Waals surface area contributed by atoms with Crippen molar-refractivity contribution in [3.05, 3.63) is 59.2 Å². The molecule has 25 heavy (non-hydrogen) atoms. The number of ether oxygens (including phenoxy) is 3. The molecule has 2 aromatic carbocycles. The van der Waals surface area contributed by atoms with Crippen molar-refractivity contribution < 1.29 is 24.4 Å². The zero-order chi connectivity index (χ0) is 17.3. The van der Waals surface area contributed by atoms with Crippen molar-refractivity contribution in [2.75, 3.05) is 6.61 Å². The number of rotatable bonds is 1. The van der Waals surface area contributed by atoms with Crippen molar-refractivity contribution in [1.82, 2.24) is 0 Å². The summed E-state index contributed by atoms with van der Waals surface area (Å²) in [6, 6.07) is 8.63. The molecule has 0 saturated carbocycles. The fraction of sp³-hybridized carbons (Fsp3) is 0.300. The van der Waals surface area contributed by atoms with Gasteiger partial charge in [0.05, 0.1) is 0 Å². The van der Waals surface area contributed by atoms with Crippen molar-refractivity contribution in [2.45, 2.75) is 31.2 Å². The maximum Gasteiger partial charge on any atom is 0.168 e. The zero-order valence-corrected chi connectivity index (χ0v) is 13.8. The summed E-state index contributed by atoms with van der Waals surface area (Å²) in [7, 11) is 0. The van der Waals surface area contributed by atoms with Gasteiger partial charge in [-0.05, 0) is 36.3 Å². The minimum Gasteiger partial charge on any atom is -0.508 e. The molecule has 3 aliphatic heterocycles. The molecule has 3 atom stereocenters. The number of hydrogen-bond donors (Lipinski definition) is 2. The standard InChI is InChI=1S/C20H18O5/c1-10(2)15-6-11-5-13-17(8-16(11)24-15)23-9-20(22)14-4-3-12(21)7-18(14)25-19(13)20/h3-5,7-8,15,19,21-22H,1,6,9H2,2H3/t15-,19+,20-/m0/s1. The fourth-order valence-corrected chi connectivity index (χ4v) is 3.89. The third-order valence-electron chi connectivity index (χ3n) is 5.26. The van der Waals surface area contributed by atoms with Crippen LogP contribution in [0.1, 0.15) is 29.7 Å². The van der Waals surface area contributed by atoms with Crippen molar-refractivity contribution in [2.24, 2.45) is 0 Å². The number of aliphatic hydroxyl groups is 1. The minimum absolute atomic E-state index is 0.0311. The Kier molecular flexibility index (Phi) is 2.76. The lowest BCUT2D eigenvalue weighted by Crippen LogP contribution is -2.41. The molecule has 2 aromatic rings. The number of aromatic hydroxyl groups is 1. The molecule has 5 nitrogen and oxygen atoms in total. The van der Waals surface area contributed by atoms with Crippen LogP contribution >= 0.6 is 0 Å². The molecule has 2 N–H and O–H groups in total. The van der Waals surface area contributed by atoms with Gasteiger partial charge in [-0.1, -0.05) is 6.58 Å². The number of hydrogen-bond acceptors (Lipinski definition) is 5. The smallest absolute Gasteiger partial charge is 0.168 e. The van der Waals surface area contributed by atoms with Crippen LogP contribution < -0.4 is 14.2 Å². The molecule has 5 heteroatoms. The number of phenols is 1. The van der Waals surface area contributed by atoms with Gasteiger partial charge in [-0.25, -0.2) is 0 Å². The van der Waals surface area contributed by atoms with Crippen molar-refractivity contribution in [1.29, 1.82) is 0 Å². The zero-order valence-electron chi connectivity index (χ0n) is 13.8. The quantitative estimate of drug-likeness (QED) is 0.783. The van der Waals surface area contributed by atoms with Gasteiger partial charge in [0.1, 0.15) is 35.7 Å². The highest BCUT2D eigenvalue weighted by Gasteiger charge is 2.53. The predicted molar refractivity (Wildman–Crippen MR) is 90.2 cm³/mol. The molecule has 3 heterocycles. The Morgan fingerprint density at radius 3 is 2.80 bits per heavy atom. The van der Waals surface area contributed by atoms with E-state index in [2.05, 4.69) is 6.58 Å². The van der Waals surface area contributed by atoms with Gasteiger partial charge in [-0.3, -0.25) is 0 Å². The summed E-state index contributed by atoms with van der Waals surface area (Å²) in [6.07, 6.45) is 0.148. The Morgan fingerprint density at radius 2 is 2.00 bits per heavy atom. The first-order chi connectivity index (χ1) is 12.0. The molecule has 5 rings (SSSR count). The summed E-state index contributed by atoms with van der Waals surface area (Å²) >= 11 is 0. The first kappa shape index (κ1) is 14.7. The molecule has 0 bridgehead atoms. The second-order valence-electron chi connectivity index (χ2n) is 7.05. The number of phenolic OH excluding ortho intramolecular Hbond substituents is 1. The van der Waals surface area contributed by atoms with Gasteiger partial charge in [0, 0.05) is 29.7 Å². The van der Waals surface area contributed by atoms with Crippen LogP contribution in [0.15, 0.2) is 42.5 Å². The van der Waals surface area contributed by atoms with Gasteiger partial charge < -0.3 is 24.4 Å². The minimum atomic E-state index is -1.27. The Balaban J connectivity index is 1.59. The van der Waals surface area contributed by atoms with E-state index in [1.54, 1.807) is 12.1 Å². The van der Waals surface area contributed by atoms with E-state index < -0.39 is 11.7 Å². The lowest BCUT2D eigenvalue weighted by molar-refractivity contribution is -0.0864. The average molecular weight is 338 g/mol. The van der Waals surface area contributed by atoms with Crippen LogP contribution in [-0.2, 0) is 12.0 Å². The molecule has 0 fully saturated rings. The van der Waals surface area contributed by atoms with E-state index in [1.807, 2.05) is 19.1 Å². The Bertz CT molecular complexity index is 919. The molecule has 0 spiro atoms. The van der Waals surface area contributed by atoms with Gasteiger partial charge in [0.25, 0.3) is 0 Å². The van der Waals surface area contributed by atoms with E-state index in [0.717, 1.165) is 28.9 Å². The highest BCUT2D eigenvalue weighted by Crippen LogP contribution is 2.55.